The van der Waals surface area contributed by atoms with Gasteiger partial charge in [0, 0.05) is 0 Å². The molecule has 0 spiro atoms. The molecule has 58 heavy (non-hydrogen) atoms. The van der Waals surface area contributed by atoms with E-state index in [1.54, 1.807) is 0 Å². The number of fused-ring (bicyclic) bond motifs is 2. The van der Waals surface area contributed by atoms with Crippen molar-refractivity contribution >= 4 is 53.2 Å². The molecule has 0 aliphatic carbocycles. The van der Waals surface area contributed by atoms with Gasteiger partial charge in [-0.1, -0.05) is 189 Å². The van der Waals surface area contributed by atoms with Gasteiger partial charge in [0.2, 0.25) is 0 Å². The predicted octanol–water partition coefficient (Wildman–Crippen LogP) is 16.2. The van der Waals surface area contributed by atoms with Gasteiger partial charge < -0.3 is 14.9 Å². The van der Waals surface area contributed by atoms with E-state index < -0.39 is 0 Å². The van der Waals surface area contributed by atoms with Crippen LogP contribution in [0.5, 0.6) is 0 Å². The summed E-state index contributed by atoms with van der Waals surface area (Å²) in [5.74, 6) is 0. The molecule has 2 radical (unpaired) electrons. The molecule has 0 atom stereocenters. The summed E-state index contributed by atoms with van der Waals surface area (Å²) in [4.78, 5) is 0. The van der Waals surface area contributed by atoms with Gasteiger partial charge in [-0.15, -0.1) is 69.6 Å². The van der Waals surface area contributed by atoms with Gasteiger partial charge in [-0.25, -0.2) is 0 Å². The molecule has 300 valence electrons. The van der Waals surface area contributed by atoms with E-state index in [1.807, 2.05) is 0 Å². The van der Waals surface area contributed by atoms with E-state index in [2.05, 4.69) is 197 Å². The molecule has 4 heteroatoms. The fraction of sp³-hybridized carbons (Fsp3) is 0.185. The van der Waals surface area contributed by atoms with Crippen molar-refractivity contribution in [1.29, 1.82) is 0 Å². The molecular weight excluding hydrogens is 839 g/mol. The van der Waals surface area contributed by atoms with Gasteiger partial charge in [0.05, 0.1) is 0 Å². The van der Waals surface area contributed by atoms with Crippen LogP contribution in [0.25, 0.3) is 66.1 Å². The van der Waals surface area contributed by atoms with Crippen LogP contribution in [0, 0.1) is 84.1 Å². The Morgan fingerprint density at radius 1 is 0.328 bits per heavy atom. The number of benzene rings is 6. The van der Waals surface area contributed by atoms with Crippen LogP contribution < -0.4 is 0 Å². The molecule has 0 fully saturated rings. The van der Waals surface area contributed by atoms with Gasteiger partial charge >= 0.3 is 30.2 Å². The Bertz CT molecular complexity index is 2210. The Morgan fingerprint density at radius 2 is 0.534 bits per heavy atom. The Labute approximate surface area is 379 Å². The van der Waals surface area contributed by atoms with E-state index >= 15 is 0 Å². The molecule has 0 saturated heterocycles. The third kappa shape index (κ3) is 11.3. The molecule has 0 N–H and O–H groups in total. The number of hydrogen-bond donors (Lipinski definition) is 0. The minimum atomic E-state index is 0. The SMILES string of the molecule is Cc1cc(C)cc(-c2ccc(-c3cc(C)cc(C)c3)c3[cH-]c(C)cc23)c1.Cc1cc(C)cc(-c2ccc(-c3cc(C)cc(C)c3)c3[cH-]c(C)cc23)c1.Cl.Cl.[CH3-].[CH3-].[Si]=[Zr]. The Morgan fingerprint density at radius 3 is 0.776 bits per heavy atom. The first kappa shape index (κ1) is 50.4. The van der Waals surface area contributed by atoms with Crippen molar-refractivity contribution in [2.24, 2.45) is 0 Å². The van der Waals surface area contributed by atoms with E-state index in [-0.39, 0.29) is 39.7 Å². The zero-order valence-corrected chi connectivity index (χ0v) is 41.5. The average molecular weight is 897 g/mol. The quantitative estimate of drug-likeness (QED) is 0.122. The number of halogens is 2. The van der Waals surface area contributed by atoms with Crippen LogP contribution in [0.1, 0.15) is 55.6 Å². The molecule has 0 bridgehead atoms. The van der Waals surface area contributed by atoms with Gasteiger partial charge in [0.25, 0.3) is 0 Å². The van der Waals surface area contributed by atoms with Crippen LogP contribution in [-0.4, -0.2) is 6.88 Å². The molecule has 0 unspecified atom stereocenters. The Kier molecular flexibility index (Phi) is 18.6. The van der Waals surface area contributed by atoms with Crippen molar-refractivity contribution in [1.82, 2.24) is 0 Å². The maximum atomic E-state index is 3.06. The molecule has 8 aromatic rings. The van der Waals surface area contributed by atoms with Crippen LogP contribution in [0.4, 0.5) is 0 Å². The van der Waals surface area contributed by atoms with E-state index in [0.29, 0.717) is 0 Å². The van der Waals surface area contributed by atoms with Crippen molar-refractivity contribution in [3.8, 4) is 44.5 Å². The fourth-order valence-electron chi connectivity index (χ4n) is 8.42. The molecule has 0 aromatic heterocycles. The molecule has 0 amide bonds. The summed E-state index contributed by atoms with van der Waals surface area (Å²) in [5.41, 5.74) is 23.7. The van der Waals surface area contributed by atoms with Crippen LogP contribution in [0.2, 0.25) is 0 Å². The summed E-state index contributed by atoms with van der Waals surface area (Å²) in [6.07, 6.45) is 0. The van der Waals surface area contributed by atoms with Crippen molar-refractivity contribution in [2.45, 2.75) is 69.2 Å². The van der Waals surface area contributed by atoms with Crippen molar-refractivity contribution in [3.05, 3.63) is 192 Å². The third-order valence-corrected chi connectivity index (χ3v) is 10.2. The molecule has 0 nitrogen and oxygen atoms in total. The summed E-state index contributed by atoms with van der Waals surface area (Å²) in [6, 6.07) is 45.8. The monoisotopic (exact) mass is 894 g/mol. The van der Waals surface area contributed by atoms with Crippen LogP contribution in [0.15, 0.2) is 121 Å². The van der Waals surface area contributed by atoms with Crippen molar-refractivity contribution in [2.75, 3.05) is 0 Å². The Hall–Kier alpha value is -3.78. The number of hydrogen-bond acceptors (Lipinski definition) is 0. The van der Waals surface area contributed by atoms with Crippen LogP contribution in [-0.2, 0) is 23.3 Å². The molecule has 0 heterocycles. The van der Waals surface area contributed by atoms with E-state index in [1.165, 1.54) is 145 Å². The normalized spacial score (nSPS) is 10.2. The van der Waals surface area contributed by atoms with Gasteiger partial charge in [-0.3, -0.25) is 0 Å². The van der Waals surface area contributed by atoms with Crippen LogP contribution >= 0.6 is 24.8 Å². The van der Waals surface area contributed by atoms with E-state index in [9.17, 15) is 0 Å². The second-order valence-electron chi connectivity index (χ2n) is 15.5. The average Bonchev–Trinajstić information content (AvgIpc) is 3.68. The molecule has 8 rings (SSSR count). The fourth-order valence-corrected chi connectivity index (χ4v) is 8.42. The van der Waals surface area contributed by atoms with Gasteiger partial charge in [-0.05, 0) is 66.5 Å². The standard InChI is InChI=1S/2C26H25.2CH3.2ClH.Si.Zr/c2*1-16-8-17(2)11-21(10-16)23-6-7-24(26-15-20(5)14-25(23)26)22-12-18(3)9-19(4)13-22;;;;;;/h2*6-15H,1-5H3;2*1H3;2*1H;;/q4*-1;;;;. The van der Waals surface area contributed by atoms with Gasteiger partial charge in [0.15, 0.2) is 0 Å². The van der Waals surface area contributed by atoms with Crippen LogP contribution in [0.3, 0.4) is 0 Å². The molecule has 0 aliphatic heterocycles. The van der Waals surface area contributed by atoms with E-state index in [0.717, 1.165) is 0 Å². The zero-order chi connectivity index (χ0) is 38.8. The predicted molar refractivity (Wildman–Crippen MR) is 261 cm³/mol. The number of rotatable bonds is 4. The zero-order valence-electron chi connectivity index (χ0n) is 36.4. The Balaban J connectivity index is 0.000000360. The first-order valence-corrected chi connectivity index (χ1v) is 23.0. The van der Waals surface area contributed by atoms with Gasteiger partial charge in [0.1, 0.15) is 0 Å². The van der Waals surface area contributed by atoms with Gasteiger partial charge in [-0.2, -0.15) is 12.1 Å². The third-order valence-electron chi connectivity index (χ3n) is 10.2. The summed E-state index contributed by atoms with van der Waals surface area (Å²) in [7, 11) is 0. The molecular formula is C54H58Cl2SiZr-4. The summed E-state index contributed by atoms with van der Waals surface area (Å²) in [6.45, 7) is 24.8. The summed E-state index contributed by atoms with van der Waals surface area (Å²) in [5, 5.41) is 5.40. The second kappa shape index (κ2) is 21.5. The minimum absolute atomic E-state index is 0. The first-order valence-electron chi connectivity index (χ1n) is 18.8. The summed E-state index contributed by atoms with van der Waals surface area (Å²) < 4.78 is 0. The molecule has 8 aromatic carbocycles. The molecule has 0 saturated carbocycles. The molecule has 0 aliphatic rings. The first-order chi connectivity index (χ1) is 25.8. The second-order valence-corrected chi connectivity index (χ2v) is 15.5. The number of aryl methyl sites for hydroxylation is 10. The van der Waals surface area contributed by atoms with Crippen molar-refractivity contribution < 1.29 is 23.3 Å². The topological polar surface area (TPSA) is 0 Å². The summed E-state index contributed by atoms with van der Waals surface area (Å²) >= 11 is 1.36. The van der Waals surface area contributed by atoms with E-state index in [4.69, 9.17) is 0 Å². The van der Waals surface area contributed by atoms with Crippen molar-refractivity contribution in [3.63, 3.8) is 0 Å². The maximum absolute atomic E-state index is 3.06.